The van der Waals surface area contributed by atoms with Crippen LogP contribution < -0.4 is 5.32 Å². The Morgan fingerprint density at radius 1 is 1.38 bits per heavy atom. The Morgan fingerprint density at radius 2 is 2.00 bits per heavy atom. The molecule has 0 saturated heterocycles. The second-order valence-corrected chi connectivity index (χ2v) is 5.22. The van der Waals surface area contributed by atoms with E-state index < -0.39 is 0 Å². The van der Waals surface area contributed by atoms with Crippen molar-refractivity contribution in [2.24, 2.45) is 13.0 Å². The molecule has 92 valence electrons. The van der Waals surface area contributed by atoms with Gasteiger partial charge in [0.05, 0.1) is 16.4 Å². The number of halogens is 1. The predicted molar refractivity (Wildman–Crippen MR) is 69.0 cm³/mol. The molecular formula is C12H22ClN3. The lowest BCUT2D eigenvalue weighted by Crippen LogP contribution is -2.29. The van der Waals surface area contributed by atoms with Crippen molar-refractivity contribution in [1.29, 1.82) is 0 Å². The zero-order valence-corrected chi connectivity index (χ0v) is 11.6. The van der Waals surface area contributed by atoms with Gasteiger partial charge in [-0.1, -0.05) is 32.4 Å². The fraction of sp³-hybridized carbons (Fsp3) is 0.750. The van der Waals surface area contributed by atoms with Crippen molar-refractivity contribution in [3.8, 4) is 0 Å². The number of hydrogen-bond acceptors (Lipinski definition) is 2. The van der Waals surface area contributed by atoms with Gasteiger partial charge in [0, 0.05) is 13.1 Å². The lowest BCUT2D eigenvalue weighted by atomic mass is 10.1. The first-order valence-corrected chi connectivity index (χ1v) is 6.21. The van der Waals surface area contributed by atoms with Crippen LogP contribution in [0.1, 0.15) is 32.2 Å². The monoisotopic (exact) mass is 243 g/mol. The van der Waals surface area contributed by atoms with Gasteiger partial charge in [0.25, 0.3) is 0 Å². The highest BCUT2D eigenvalue weighted by Crippen LogP contribution is 2.21. The van der Waals surface area contributed by atoms with Gasteiger partial charge in [0.2, 0.25) is 0 Å². The molecule has 1 aromatic rings. The SMILES string of the molecule is Cc1nn(C)c(CC(C)CNC(C)C)c1Cl. The zero-order valence-electron chi connectivity index (χ0n) is 10.8. The van der Waals surface area contributed by atoms with Gasteiger partial charge in [0.15, 0.2) is 0 Å². The third kappa shape index (κ3) is 3.49. The molecule has 1 heterocycles. The molecule has 4 heteroatoms. The van der Waals surface area contributed by atoms with E-state index in [4.69, 9.17) is 11.6 Å². The summed E-state index contributed by atoms with van der Waals surface area (Å²) >= 11 is 6.22. The summed E-state index contributed by atoms with van der Waals surface area (Å²) in [6.07, 6.45) is 0.968. The quantitative estimate of drug-likeness (QED) is 0.862. The van der Waals surface area contributed by atoms with Crippen molar-refractivity contribution in [3.05, 3.63) is 16.4 Å². The summed E-state index contributed by atoms with van der Waals surface area (Å²) in [7, 11) is 1.96. The number of aromatic nitrogens is 2. The van der Waals surface area contributed by atoms with Crippen molar-refractivity contribution in [3.63, 3.8) is 0 Å². The van der Waals surface area contributed by atoms with Crippen LogP contribution in [-0.2, 0) is 13.5 Å². The first-order chi connectivity index (χ1) is 7.41. The molecule has 0 fully saturated rings. The van der Waals surface area contributed by atoms with Crippen molar-refractivity contribution in [2.45, 2.75) is 40.2 Å². The molecular weight excluding hydrogens is 222 g/mol. The maximum Gasteiger partial charge on any atom is 0.0847 e. The van der Waals surface area contributed by atoms with Crippen LogP contribution in [0.25, 0.3) is 0 Å². The lowest BCUT2D eigenvalue weighted by molar-refractivity contribution is 0.465. The van der Waals surface area contributed by atoms with Gasteiger partial charge in [-0.2, -0.15) is 5.10 Å². The van der Waals surface area contributed by atoms with E-state index in [0.717, 1.165) is 29.4 Å². The Labute approximate surface area is 103 Å². The average molecular weight is 244 g/mol. The van der Waals surface area contributed by atoms with Crippen molar-refractivity contribution < 1.29 is 0 Å². The highest BCUT2D eigenvalue weighted by Gasteiger charge is 2.14. The Kier molecular flexibility index (Phi) is 4.81. The molecule has 0 aliphatic rings. The Hall–Kier alpha value is -0.540. The molecule has 0 saturated carbocycles. The van der Waals surface area contributed by atoms with Crippen LogP contribution in [0.2, 0.25) is 5.02 Å². The third-order valence-corrected chi connectivity index (χ3v) is 3.17. The van der Waals surface area contributed by atoms with Gasteiger partial charge in [0.1, 0.15) is 0 Å². The van der Waals surface area contributed by atoms with Crippen LogP contribution in [0.5, 0.6) is 0 Å². The fourth-order valence-electron chi connectivity index (χ4n) is 1.74. The smallest absolute Gasteiger partial charge is 0.0847 e. The molecule has 16 heavy (non-hydrogen) atoms. The van der Waals surface area contributed by atoms with Gasteiger partial charge >= 0.3 is 0 Å². The fourth-order valence-corrected chi connectivity index (χ4v) is 1.98. The first-order valence-electron chi connectivity index (χ1n) is 5.83. The number of aryl methyl sites for hydroxylation is 2. The van der Waals surface area contributed by atoms with Gasteiger partial charge < -0.3 is 5.32 Å². The highest BCUT2D eigenvalue weighted by molar-refractivity contribution is 6.31. The molecule has 0 aliphatic heterocycles. The zero-order chi connectivity index (χ0) is 12.3. The second kappa shape index (κ2) is 5.69. The lowest BCUT2D eigenvalue weighted by Gasteiger charge is -2.15. The summed E-state index contributed by atoms with van der Waals surface area (Å²) in [5, 5.41) is 8.58. The van der Waals surface area contributed by atoms with E-state index in [1.807, 2.05) is 18.7 Å². The molecule has 1 unspecified atom stereocenters. The minimum atomic E-state index is 0.534. The molecule has 1 aromatic heterocycles. The number of nitrogens with one attached hydrogen (secondary N) is 1. The van der Waals surface area contributed by atoms with Gasteiger partial charge in [-0.15, -0.1) is 0 Å². The van der Waals surface area contributed by atoms with E-state index in [1.165, 1.54) is 0 Å². The van der Waals surface area contributed by atoms with Crippen LogP contribution >= 0.6 is 11.6 Å². The normalized spacial score (nSPS) is 13.4. The summed E-state index contributed by atoms with van der Waals surface area (Å²) in [4.78, 5) is 0. The average Bonchev–Trinajstić information content (AvgIpc) is 2.42. The Balaban J connectivity index is 2.59. The molecule has 1 atom stereocenters. The van der Waals surface area contributed by atoms with Crippen molar-refractivity contribution >= 4 is 11.6 Å². The topological polar surface area (TPSA) is 29.9 Å². The predicted octanol–water partition coefficient (Wildman–Crippen LogP) is 2.56. The van der Waals surface area contributed by atoms with E-state index in [-0.39, 0.29) is 0 Å². The molecule has 1 N–H and O–H groups in total. The van der Waals surface area contributed by atoms with E-state index in [1.54, 1.807) is 0 Å². The number of nitrogens with zero attached hydrogens (tertiary/aromatic N) is 2. The summed E-state index contributed by atoms with van der Waals surface area (Å²) in [6, 6.07) is 0.534. The van der Waals surface area contributed by atoms with E-state index in [9.17, 15) is 0 Å². The summed E-state index contributed by atoms with van der Waals surface area (Å²) in [5.74, 6) is 0.565. The summed E-state index contributed by atoms with van der Waals surface area (Å²) in [5.41, 5.74) is 2.06. The number of hydrogen-bond donors (Lipinski definition) is 1. The molecule has 0 aromatic carbocycles. The molecule has 0 radical (unpaired) electrons. The van der Waals surface area contributed by atoms with Crippen LogP contribution in [0.3, 0.4) is 0 Å². The highest BCUT2D eigenvalue weighted by atomic mass is 35.5. The maximum absolute atomic E-state index is 6.22. The van der Waals surface area contributed by atoms with E-state index in [2.05, 4.69) is 31.2 Å². The minimum absolute atomic E-state index is 0.534. The molecule has 3 nitrogen and oxygen atoms in total. The van der Waals surface area contributed by atoms with Crippen molar-refractivity contribution in [2.75, 3.05) is 6.54 Å². The molecule has 0 bridgehead atoms. The molecule has 0 spiro atoms. The van der Waals surface area contributed by atoms with Crippen LogP contribution in [0.15, 0.2) is 0 Å². The number of rotatable bonds is 5. The van der Waals surface area contributed by atoms with Crippen LogP contribution in [0.4, 0.5) is 0 Å². The van der Waals surface area contributed by atoms with Crippen molar-refractivity contribution in [1.82, 2.24) is 15.1 Å². The minimum Gasteiger partial charge on any atom is -0.314 e. The second-order valence-electron chi connectivity index (χ2n) is 4.84. The summed E-state index contributed by atoms with van der Waals surface area (Å²) in [6.45, 7) is 9.51. The van der Waals surface area contributed by atoms with Crippen LogP contribution in [-0.4, -0.2) is 22.4 Å². The molecule has 0 amide bonds. The largest absolute Gasteiger partial charge is 0.314 e. The van der Waals surface area contributed by atoms with Crippen LogP contribution in [0, 0.1) is 12.8 Å². The molecule has 0 aliphatic carbocycles. The third-order valence-electron chi connectivity index (χ3n) is 2.68. The molecule has 1 rings (SSSR count). The summed E-state index contributed by atoms with van der Waals surface area (Å²) < 4.78 is 1.89. The standard InChI is InChI=1S/C12H22ClN3/c1-8(2)14-7-9(3)6-11-12(13)10(4)15-16(11)5/h8-9,14H,6-7H2,1-5H3. The first kappa shape index (κ1) is 13.5. The van der Waals surface area contributed by atoms with E-state index >= 15 is 0 Å². The Morgan fingerprint density at radius 3 is 2.44 bits per heavy atom. The van der Waals surface area contributed by atoms with Gasteiger partial charge in [-0.3, -0.25) is 4.68 Å². The van der Waals surface area contributed by atoms with Gasteiger partial charge in [-0.25, -0.2) is 0 Å². The maximum atomic E-state index is 6.22. The van der Waals surface area contributed by atoms with E-state index in [0.29, 0.717) is 12.0 Å². The Bertz CT molecular complexity index is 344. The van der Waals surface area contributed by atoms with Gasteiger partial charge in [-0.05, 0) is 25.8 Å².